The molecule has 0 aliphatic carbocycles. The number of carbonyl (C=O) groups is 3. The van der Waals surface area contributed by atoms with Crippen LogP contribution in [-0.2, 0) is 25.5 Å². The van der Waals surface area contributed by atoms with Gasteiger partial charge in [-0.1, -0.05) is 12.1 Å². The Hall–Kier alpha value is -2.52. The van der Waals surface area contributed by atoms with E-state index >= 15 is 0 Å². The van der Waals surface area contributed by atoms with Crippen molar-refractivity contribution in [2.24, 2.45) is 0 Å². The molecule has 0 aromatic heterocycles. The van der Waals surface area contributed by atoms with E-state index < -0.39 is 28.9 Å². The van der Waals surface area contributed by atoms with E-state index in [1.165, 1.54) is 28.8 Å². The third-order valence-electron chi connectivity index (χ3n) is 4.45. The summed E-state index contributed by atoms with van der Waals surface area (Å²) in [5.74, 6) is -1.77. The molecule has 28 heavy (non-hydrogen) atoms. The maximum absolute atomic E-state index is 13.0. The predicted molar refractivity (Wildman–Crippen MR) is 102 cm³/mol. The highest BCUT2D eigenvalue weighted by atomic mass is 32.2. The number of carboxylic acid groups (broad SMARTS) is 1. The summed E-state index contributed by atoms with van der Waals surface area (Å²) in [6, 6.07) is 6.28. The first-order valence-corrected chi connectivity index (χ1v) is 9.85. The van der Waals surface area contributed by atoms with Crippen molar-refractivity contribution in [3.8, 4) is 5.75 Å². The number of nitrogens with one attached hydrogen (secondary N) is 1. The van der Waals surface area contributed by atoms with Gasteiger partial charge in [0.2, 0.25) is 5.91 Å². The van der Waals surface area contributed by atoms with Crippen molar-refractivity contribution in [1.82, 2.24) is 10.2 Å². The summed E-state index contributed by atoms with van der Waals surface area (Å²) < 4.78 is 5.84. The van der Waals surface area contributed by atoms with Crippen LogP contribution in [0.5, 0.6) is 5.75 Å². The number of fused-ring (bicyclic) bond motifs is 1. The molecule has 0 bridgehead atoms. The zero-order valence-corrected chi connectivity index (χ0v) is 16.6. The molecular weight excluding hydrogens is 384 g/mol. The number of hydrogen-bond acceptors (Lipinski definition) is 6. The van der Waals surface area contributed by atoms with Crippen molar-refractivity contribution in [3.05, 3.63) is 41.1 Å². The van der Waals surface area contributed by atoms with Crippen LogP contribution >= 0.6 is 11.8 Å². The number of hydrogen-bond donors (Lipinski definition) is 3. The molecule has 2 amide bonds. The number of carbonyl (C=O) groups excluding carboxylic acids is 2. The number of aromatic hydroxyl groups is 1. The van der Waals surface area contributed by atoms with Gasteiger partial charge in [-0.3, -0.25) is 14.5 Å². The second-order valence-corrected chi connectivity index (χ2v) is 8.14. The lowest BCUT2D eigenvalue weighted by Crippen LogP contribution is -2.81. The number of amides is 2. The average molecular weight is 406 g/mol. The number of phenols is 1. The van der Waals surface area contributed by atoms with E-state index in [1.54, 1.807) is 32.9 Å². The Kier molecular flexibility index (Phi) is 5.40. The van der Waals surface area contributed by atoms with Crippen molar-refractivity contribution in [3.63, 3.8) is 0 Å². The van der Waals surface area contributed by atoms with E-state index in [1.807, 2.05) is 0 Å². The van der Waals surface area contributed by atoms with E-state index in [0.29, 0.717) is 16.9 Å². The van der Waals surface area contributed by atoms with Crippen molar-refractivity contribution in [2.75, 3.05) is 5.75 Å². The normalized spacial score (nSPS) is 24.1. The standard InChI is InChI=1S/C19H22N2O6S/c1-10(2)27-19(20-14(23)8-12-5-4-6-13(22)7-12)17(26)21-15(16(24)25)11(3)9-28-18(19)21/h4-7,10,18,22H,8-9H2,1-3H3,(H,20,23)(H,24,25)/t18-,19?/m0/s1. The largest absolute Gasteiger partial charge is 0.508 e. The summed E-state index contributed by atoms with van der Waals surface area (Å²) in [5.41, 5.74) is -0.502. The fraction of sp³-hybridized carbons (Fsp3) is 0.421. The highest BCUT2D eigenvalue weighted by Crippen LogP contribution is 2.47. The quantitative estimate of drug-likeness (QED) is 0.484. The van der Waals surface area contributed by atoms with Gasteiger partial charge in [-0.2, -0.15) is 0 Å². The minimum Gasteiger partial charge on any atom is -0.508 e. The molecule has 1 aromatic rings. The zero-order valence-electron chi connectivity index (χ0n) is 15.8. The van der Waals surface area contributed by atoms with Crippen molar-refractivity contribution < 1.29 is 29.3 Å². The molecule has 1 fully saturated rings. The van der Waals surface area contributed by atoms with E-state index in [9.17, 15) is 24.6 Å². The number of phenolic OH excluding ortho intramolecular Hbond substituents is 1. The van der Waals surface area contributed by atoms with E-state index in [2.05, 4.69) is 5.32 Å². The lowest BCUT2D eigenvalue weighted by molar-refractivity contribution is -0.206. The van der Waals surface area contributed by atoms with Gasteiger partial charge in [0.25, 0.3) is 11.6 Å². The third-order valence-corrected chi connectivity index (χ3v) is 5.90. The van der Waals surface area contributed by atoms with Crippen molar-refractivity contribution >= 4 is 29.5 Å². The van der Waals surface area contributed by atoms with Gasteiger partial charge in [0.15, 0.2) is 0 Å². The number of carboxylic acids is 1. The number of rotatable bonds is 6. The second-order valence-electron chi connectivity index (χ2n) is 7.07. The number of β-lactam (4-membered cyclic amide) rings is 1. The molecule has 2 aliphatic heterocycles. The highest BCUT2D eigenvalue weighted by molar-refractivity contribution is 8.00. The second kappa shape index (κ2) is 7.48. The third kappa shape index (κ3) is 3.47. The van der Waals surface area contributed by atoms with Gasteiger partial charge in [-0.25, -0.2) is 4.79 Å². The van der Waals surface area contributed by atoms with Gasteiger partial charge >= 0.3 is 5.97 Å². The van der Waals surface area contributed by atoms with E-state index in [4.69, 9.17) is 4.74 Å². The molecule has 1 unspecified atom stereocenters. The molecule has 0 saturated carbocycles. The van der Waals surface area contributed by atoms with E-state index in [0.717, 1.165) is 0 Å². The molecule has 3 N–H and O–H groups in total. The van der Waals surface area contributed by atoms with Crippen molar-refractivity contribution in [1.29, 1.82) is 0 Å². The Balaban J connectivity index is 1.86. The first-order valence-electron chi connectivity index (χ1n) is 8.80. The lowest BCUT2D eigenvalue weighted by atomic mass is 9.97. The number of ether oxygens (including phenoxy) is 1. The fourth-order valence-electron chi connectivity index (χ4n) is 3.41. The number of aliphatic carboxylic acids is 1. The molecule has 1 saturated heterocycles. The molecule has 1 aromatic carbocycles. The lowest BCUT2D eigenvalue weighted by Gasteiger charge is -2.56. The smallest absolute Gasteiger partial charge is 0.352 e. The zero-order chi connectivity index (χ0) is 20.6. The molecule has 2 heterocycles. The fourth-order valence-corrected chi connectivity index (χ4v) is 4.75. The summed E-state index contributed by atoms with van der Waals surface area (Å²) in [5, 5.41) is 21.1. The molecule has 2 aliphatic rings. The molecule has 2 atom stereocenters. The van der Waals surface area contributed by atoms with Crippen LogP contribution in [0.1, 0.15) is 26.3 Å². The maximum Gasteiger partial charge on any atom is 0.352 e. The molecule has 3 rings (SSSR count). The van der Waals surface area contributed by atoms with Crippen LogP contribution in [-0.4, -0.2) is 55.9 Å². The average Bonchev–Trinajstić information content (AvgIpc) is 2.59. The first kappa shape index (κ1) is 20.2. The van der Waals surface area contributed by atoms with Crippen LogP contribution in [0.15, 0.2) is 35.5 Å². The van der Waals surface area contributed by atoms with Crippen LogP contribution in [0.25, 0.3) is 0 Å². The van der Waals surface area contributed by atoms with Crippen LogP contribution in [0.3, 0.4) is 0 Å². The minimum absolute atomic E-state index is 0.0406. The molecule has 0 radical (unpaired) electrons. The number of benzene rings is 1. The predicted octanol–water partition coefficient (Wildman–Crippen LogP) is 1.45. The molecular formula is C19H22N2O6S. The Morgan fingerprint density at radius 2 is 2.14 bits per heavy atom. The first-order chi connectivity index (χ1) is 13.2. The van der Waals surface area contributed by atoms with Crippen LogP contribution < -0.4 is 5.32 Å². The van der Waals surface area contributed by atoms with Gasteiger partial charge in [0, 0.05) is 5.75 Å². The van der Waals surface area contributed by atoms with Gasteiger partial charge in [-0.15, -0.1) is 11.8 Å². The Bertz CT molecular complexity index is 868. The van der Waals surface area contributed by atoms with Gasteiger partial charge in [-0.05, 0) is 44.0 Å². The Morgan fingerprint density at radius 1 is 1.43 bits per heavy atom. The van der Waals surface area contributed by atoms with Crippen LogP contribution in [0.4, 0.5) is 0 Å². The van der Waals surface area contributed by atoms with Crippen LogP contribution in [0, 0.1) is 0 Å². The maximum atomic E-state index is 13.0. The monoisotopic (exact) mass is 406 g/mol. The summed E-state index contributed by atoms with van der Waals surface area (Å²) in [4.78, 5) is 38.4. The summed E-state index contributed by atoms with van der Waals surface area (Å²) in [7, 11) is 0. The highest BCUT2D eigenvalue weighted by Gasteiger charge is 2.67. The topological polar surface area (TPSA) is 116 Å². The SMILES string of the molecule is CC1=C(C(=O)O)N2C(=O)C(NC(=O)Cc3cccc(O)c3)(OC(C)C)[C@@H]2SC1. The molecule has 9 heteroatoms. The van der Waals surface area contributed by atoms with Gasteiger partial charge < -0.3 is 20.3 Å². The summed E-state index contributed by atoms with van der Waals surface area (Å²) in [6.45, 7) is 5.15. The molecule has 0 spiro atoms. The van der Waals surface area contributed by atoms with E-state index in [-0.39, 0.29) is 24.0 Å². The molecule has 150 valence electrons. The summed E-state index contributed by atoms with van der Waals surface area (Å²) >= 11 is 1.35. The van der Waals surface area contributed by atoms with Gasteiger partial charge in [0.1, 0.15) is 16.8 Å². The Morgan fingerprint density at radius 3 is 2.75 bits per heavy atom. The Labute approximate surface area is 166 Å². The number of thioether (sulfide) groups is 1. The molecule has 8 nitrogen and oxygen atoms in total. The summed E-state index contributed by atoms with van der Waals surface area (Å²) in [6.07, 6.45) is -0.420. The minimum atomic E-state index is -1.62. The van der Waals surface area contributed by atoms with Crippen LogP contribution in [0.2, 0.25) is 0 Å². The number of nitrogens with zero attached hydrogens (tertiary/aromatic N) is 1. The van der Waals surface area contributed by atoms with Gasteiger partial charge in [0.05, 0.1) is 12.5 Å². The van der Waals surface area contributed by atoms with Crippen molar-refractivity contribution in [2.45, 2.75) is 44.4 Å².